The molecule has 0 amide bonds. The molecule has 0 aromatic heterocycles. The normalized spacial score (nSPS) is 10.5. The Morgan fingerprint density at radius 1 is 1.23 bits per heavy atom. The molecule has 1 aromatic carbocycles. The van der Waals surface area contributed by atoms with Crippen LogP contribution in [0.3, 0.4) is 0 Å². The summed E-state index contributed by atoms with van der Waals surface area (Å²) in [6.07, 6.45) is 5.16. The van der Waals surface area contributed by atoms with Gasteiger partial charge in [-0.25, -0.2) is 0 Å². The molecule has 0 aliphatic heterocycles. The molecule has 0 saturated heterocycles. The van der Waals surface area contributed by atoms with Crippen LogP contribution in [-0.2, 0) is 0 Å². The third kappa shape index (κ3) is 8.92. The fourth-order valence-electron chi connectivity index (χ4n) is 2.04. The Labute approximate surface area is 152 Å². The van der Waals surface area contributed by atoms with Crippen LogP contribution in [-0.4, -0.2) is 44.6 Å². The Balaban J connectivity index is 0.00000441. The summed E-state index contributed by atoms with van der Waals surface area (Å²) in [5.74, 6) is 0.957. The second-order valence-corrected chi connectivity index (χ2v) is 4.97. The first kappa shape index (κ1) is 20.8. The summed E-state index contributed by atoms with van der Waals surface area (Å²) < 4.78 is 0. The van der Waals surface area contributed by atoms with Crippen molar-refractivity contribution in [2.45, 2.75) is 19.3 Å². The number of unbranched alkanes of at least 4 members (excludes halogenated alkanes) is 1. The number of hydrogen-bond donors (Lipinski definition) is 2. The maximum atomic E-state index is 4.31. The number of aliphatic imine (C=N–C) groups is 1. The second kappa shape index (κ2) is 13.4. The van der Waals surface area contributed by atoms with Crippen LogP contribution in [0.5, 0.6) is 0 Å². The van der Waals surface area contributed by atoms with Crippen molar-refractivity contribution in [2.24, 2.45) is 4.99 Å². The fourth-order valence-corrected chi connectivity index (χ4v) is 2.04. The highest BCUT2D eigenvalue weighted by molar-refractivity contribution is 14.0. The largest absolute Gasteiger partial charge is 0.385 e. The summed E-state index contributed by atoms with van der Waals surface area (Å²) in [7, 11) is 3.90. The van der Waals surface area contributed by atoms with Crippen LogP contribution in [0.4, 0.5) is 5.69 Å². The molecule has 0 spiro atoms. The van der Waals surface area contributed by atoms with Gasteiger partial charge in [0.05, 0.1) is 0 Å². The number of anilines is 1. The highest BCUT2D eigenvalue weighted by Gasteiger charge is 2.03. The number of guanidine groups is 1. The molecule has 5 heteroatoms. The van der Waals surface area contributed by atoms with Crippen LogP contribution in [0.25, 0.3) is 0 Å². The summed E-state index contributed by atoms with van der Waals surface area (Å²) in [5, 5.41) is 6.80. The van der Waals surface area contributed by atoms with Gasteiger partial charge in [0.1, 0.15) is 0 Å². The molecule has 0 aliphatic rings. The van der Waals surface area contributed by atoms with Gasteiger partial charge in [0.15, 0.2) is 5.96 Å². The maximum Gasteiger partial charge on any atom is 0.193 e. The zero-order valence-electron chi connectivity index (χ0n) is 13.7. The summed E-state index contributed by atoms with van der Waals surface area (Å²) in [6.45, 7) is 6.61. The van der Waals surface area contributed by atoms with Crippen molar-refractivity contribution >= 4 is 35.6 Å². The Morgan fingerprint density at radius 2 is 1.95 bits per heavy atom. The van der Waals surface area contributed by atoms with E-state index in [0.717, 1.165) is 44.9 Å². The van der Waals surface area contributed by atoms with Crippen LogP contribution < -0.4 is 10.6 Å². The summed E-state index contributed by atoms with van der Waals surface area (Å²) in [4.78, 5) is 6.47. The van der Waals surface area contributed by atoms with E-state index in [1.807, 2.05) is 31.3 Å². The summed E-state index contributed by atoms with van der Waals surface area (Å²) >= 11 is 0. The van der Waals surface area contributed by atoms with E-state index in [4.69, 9.17) is 0 Å². The maximum absolute atomic E-state index is 4.31. The molecule has 0 saturated carbocycles. The smallest absolute Gasteiger partial charge is 0.193 e. The van der Waals surface area contributed by atoms with Crippen molar-refractivity contribution in [3.63, 3.8) is 0 Å². The minimum Gasteiger partial charge on any atom is -0.385 e. The zero-order valence-corrected chi connectivity index (χ0v) is 16.0. The van der Waals surface area contributed by atoms with Gasteiger partial charge in [-0.15, -0.1) is 30.6 Å². The molecule has 1 rings (SSSR count). The standard InChI is InChI=1S/C17H28N4.HI/c1-4-5-9-15-21(3)17(18-2)20-14-10-13-19-16-11-7-6-8-12-16;/h4,6-8,11-12,19H,1,5,9-10,13-15H2,2-3H3,(H,18,20);1H. The summed E-state index contributed by atoms with van der Waals surface area (Å²) in [5.41, 5.74) is 1.17. The third-order valence-electron chi connectivity index (χ3n) is 3.21. The minimum atomic E-state index is 0. The number of nitrogens with zero attached hydrogens (tertiary/aromatic N) is 2. The number of halogens is 1. The van der Waals surface area contributed by atoms with E-state index in [2.05, 4.69) is 46.3 Å². The fraction of sp³-hybridized carbons (Fsp3) is 0.471. The SMILES string of the molecule is C=CCCCN(C)C(=NC)NCCCNc1ccccc1.I. The topological polar surface area (TPSA) is 39.7 Å². The van der Waals surface area contributed by atoms with Gasteiger partial charge in [0.25, 0.3) is 0 Å². The van der Waals surface area contributed by atoms with Crippen molar-refractivity contribution in [1.29, 1.82) is 0 Å². The molecule has 0 atom stereocenters. The summed E-state index contributed by atoms with van der Waals surface area (Å²) in [6, 6.07) is 10.3. The van der Waals surface area contributed by atoms with Gasteiger partial charge >= 0.3 is 0 Å². The first-order chi connectivity index (χ1) is 10.3. The molecule has 4 nitrogen and oxygen atoms in total. The number of hydrogen-bond acceptors (Lipinski definition) is 2. The van der Waals surface area contributed by atoms with Gasteiger partial charge in [0.2, 0.25) is 0 Å². The molecular formula is C17H29IN4. The van der Waals surface area contributed by atoms with E-state index >= 15 is 0 Å². The van der Waals surface area contributed by atoms with Crippen LogP contribution >= 0.6 is 24.0 Å². The lowest BCUT2D eigenvalue weighted by atomic mass is 10.3. The van der Waals surface area contributed by atoms with Gasteiger partial charge < -0.3 is 15.5 Å². The Bertz CT molecular complexity index is 420. The van der Waals surface area contributed by atoms with Gasteiger partial charge in [-0.2, -0.15) is 0 Å². The lowest BCUT2D eigenvalue weighted by molar-refractivity contribution is 0.469. The number of benzene rings is 1. The highest BCUT2D eigenvalue weighted by Crippen LogP contribution is 2.04. The van der Waals surface area contributed by atoms with E-state index in [0.29, 0.717) is 0 Å². The molecule has 0 aliphatic carbocycles. The first-order valence-electron chi connectivity index (χ1n) is 7.59. The Kier molecular flexibility index (Phi) is 12.7. The van der Waals surface area contributed by atoms with Crippen LogP contribution in [0, 0.1) is 0 Å². The predicted octanol–water partition coefficient (Wildman–Crippen LogP) is 3.58. The quantitative estimate of drug-likeness (QED) is 0.213. The molecule has 2 N–H and O–H groups in total. The molecule has 0 radical (unpaired) electrons. The van der Waals surface area contributed by atoms with Crippen molar-refractivity contribution in [2.75, 3.05) is 39.0 Å². The molecule has 124 valence electrons. The Hall–Kier alpha value is -1.24. The van der Waals surface area contributed by atoms with Crippen LogP contribution in [0.1, 0.15) is 19.3 Å². The van der Waals surface area contributed by atoms with Crippen molar-refractivity contribution in [3.05, 3.63) is 43.0 Å². The minimum absolute atomic E-state index is 0. The van der Waals surface area contributed by atoms with E-state index < -0.39 is 0 Å². The lowest BCUT2D eigenvalue weighted by Gasteiger charge is -2.21. The number of nitrogens with one attached hydrogen (secondary N) is 2. The van der Waals surface area contributed by atoms with Gasteiger partial charge in [-0.05, 0) is 31.4 Å². The Morgan fingerprint density at radius 3 is 2.59 bits per heavy atom. The van der Waals surface area contributed by atoms with E-state index in [-0.39, 0.29) is 24.0 Å². The van der Waals surface area contributed by atoms with Crippen molar-refractivity contribution in [1.82, 2.24) is 10.2 Å². The third-order valence-corrected chi connectivity index (χ3v) is 3.21. The number of rotatable bonds is 9. The molecule has 1 aromatic rings. The van der Waals surface area contributed by atoms with E-state index in [9.17, 15) is 0 Å². The zero-order chi connectivity index (χ0) is 15.3. The predicted molar refractivity (Wildman–Crippen MR) is 108 cm³/mol. The van der Waals surface area contributed by atoms with Crippen LogP contribution in [0.2, 0.25) is 0 Å². The number of allylic oxidation sites excluding steroid dienone is 1. The molecule has 0 unspecified atom stereocenters. The average Bonchev–Trinajstić information content (AvgIpc) is 2.52. The van der Waals surface area contributed by atoms with Crippen molar-refractivity contribution < 1.29 is 0 Å². The highest BCUT2D eigenvalue weighted by atomic mass is 127. The lowest BCUT2D eigenvalue weighted by Crippen LogP contribution is -2.40. The van der Waals surface area contributed by atoms with Gasteiger partial charge in [-0.1, -0.05) is 24.3 Å². The number of para-hydroxylation sites is 1. The van der Waals surface area contributed by atoms with Gasteiger partial charge in [0, 0.05) is 39.4 Å². The first-order valence-corrected chi connectivity index (χ1v) is 7.59. The van der Waals surface area contributed by atoms with Gasteiger partial charge in [-0.3, -0.25) is 4.99 Å². The average molecular weight is 416 g/mol. The molecule has 0 heterocycles. The molecule has 0 bridgehead atoms. The van der Waals surface area contributed by atoms with Crippen LogP contribution in [0.15, 0.2) is 48.0 Å². The van der Waals surface area contributed by atoms with E-state index in [1.54, 1.807) is 0 Å². The van der Waals surface area contributed by atoms with E-state index in [1.165, 1.54) is 5.69 Å². The molecule has 22 heavy (non-hydrogen) atoms. The monoisotopic (exact) mass is 416 g/mol. The second-order valence-electron chi connectivity index (χ2n) is 4.97. The molecule has 0 fully saturated rings. The molecular weight excluding hydrogens is 387 g/mol. The van der Waals surface area contributed by atoms with Crippen molar-refractivity contribution in [3.8, 4) is 0 Å².